The first-order chi connectivity index (χ1) is 9.00. The summed E-state index contributed by atoms with van der Waals surface area (Å²) in [6, 6.07) is 4.84. The van der Waals surface area contributed by atoms with Gasteiger partial charge in [-0.05, 0) is 37.8 Å². The predicted octanol–water partition coefficient (Wildman–Crippen LogP) is 5.33. The van der Waals surface area contributed by atoms with Crippen LogP contribution in [0.1, 0.15) is 41.0 Å². The van der Waals surface area contributed by atoms with Gasteiger partial charge in [0, 0.05) is 5.54 Å². The van der Waals surface area contributed by atoms with Gasteiger partial charge in [0.05, 0.1) is 15.7 Å². The van der Waals surface area contributed by atoms with Crippen molar-refractivity contribution in [2.75, 3.05) is 5.32 Å². The highest BCUT2D eigenvalue weighted by molar-refractivity contribution is 6.43. The number of hydrogen-bond acceptors (Lipinski definition) is 1. The Labute approximate surface area is 131 Å². The molecular weight excluding hydrogens is 295 g/mol. The molecule has 0 aliphatic carbocycles. The number of amides is 2. The third kappa shape index (κ3) is 5.59. The third-order valence-corrected chi connectivity index (χ3v) is 3.44. The van der Waals surface area contributed by atoms with E-state index in [2.05, 4.69) is 31.4 Å². The summed E-state index contributed by atoms with van der Waals surface area (Å²) in [5.41, 5.74) is 0.320. The molecule has 0 aliphatic heterocycles. The fourth-order valence-electron chi connectivity index (χ4n) is 2.43. The van der Waals surface area contributed by atoms with Crippen molar-refractivity contribution < 1.29 is 4.79 Å². The first kappa shape index (κ1) is 17.1. The van der Waals surface area contributed by atoms with Crippen LogP contribution in [-0.2, 0) is 0 Å². The monoisotopic (exact) mass is 316 g/mol. The predicted molar refractivity (Wildman–Crippen MR) is 86.8 cm³/mol. The van der Waals surface area contributed by atoms with Gasteiger partial charge in [-0.2, -0.15) is 0 Å². The molecular formula is C15H22Cl2N2O. The maximum Gasteiger partial charge on any atom is 0.319 e. The molecule has 1 aromatic carbocycles. The minimum absolute atomic E-state index is 0.129. The Morgan fingerprint density at radius 1 is 1.15 bits per heavy atom. The number of benzene rings is 1. The van der Waals surface area contributed by atoms with Crippen molar-refractivity contribution in [2.24, 2.45) is 5.41 Å². The summed E-state index contributed by atoms with van der Waals surface area (Å²) in [5, 5.41) is 6.44. The highest BCUT2D eigenvalue weighted by atomic mass is 35.5. The van der Waals surface area contributed by atoms with E-state index in [0.29, 0.717) is 15.7 Å². The van der Waals surface area contributed by atoms with E-state index in [1.165, 1.54) is 0 Å². The van der Waals surface area contributed by atoms with E-state index in [1.807, 2.05) is 13.8 Å². The van der Waals surface area contributed by atoms with E-state index >= 15 is 0 Å². The summed E-state index contributed by atoms with van der Waals surface area (Å²) in [5.74, 6) is 0. The van der Waals surface area contributed by atoms with Gasteiger partial charge in [0.2, 0.25) is 0 Å². The molecule has 112 valence electrons. The third-order valence-electron chi connectivity index (χ3n) is 2.62. The smallest absolute Gasteiger partial charge is 0.319 e. The Morgan fingerprint density at radius 2 is 1.75 bits per heavy atom. The summed E-state index contributed by atoms with van der Waals surface area (Å²) in [7, 11) is 0. The number of anilines is 1. The molecule has 1 rings (SSSR count). The van der Waals surface area contributed by atoms with Crippen molar-refractivity contribution in [3.8, 4) is 0 Å². The number of hydrogen-bond donors (Lipinski definition) is 2. The highest BCUT2D eigenvalue weighted by Gasteiger charge is 2.27. The van der Waals surface area contributed by atoms with Crippen LogP contribution in [0.25, 0.3) is 0 Å². The van der Waals surface area contributed by atoms with Crippen molar-refractivity contribution in [2.45, 2.75) is 46.6 Å². The molecule has 20 heavy (non-hydrogen) atoms. The molecule has 3 nitrogen and oxygen atoms in total. The number of carbonyl (C=O) groups excluding carboxylic acids is 1. The van der Waals surface area contributed by atoms with Gasteiger partial charge in [-0.25, -0.2) is 4.79 Å². The summed E-state index contributed by atoms with van der Waals surface area (Å²) < 4.78 is 0. The standard InChI is InChI=1S/C15H22Cl2N2O/c1-14(2,3)9-15(4,5)19-13(20)18-11-8-6-7-10(16)12(11)17/h6-8H,9H2,1-5H3,(H2,18,19,20). The Morgan fingerprint density at radius 3 is 2.30 bits per heavy atom. The molecule has 0 unspecified atom stereocenters. The molecule has 0 saturated heterocycles. The molecule has 2 N–H and O–H groups in total. The number of halogens is 2. The lowest BCUT2D eigenvalue weighted by Crippen LogP contribution is -2.47. The highest BCUT2D eigenvalue weighted by Crippen LogP contribution is 2.30. The molecule has 0 spiro atoms. The van der Waals surface area contributed by atoms with Crippen LogP contribution in [0.2, 0.25) is 10.0 Å². The van der Waals surface area contributed by atoms with Gasteiger partial charge in [-0.15, -0.1) is 0 Å². The second kappa shape index (κ2) is 6.23. The van der Waals surface area contributed by atoms with Crippen molar-refractivity contribution in [3.63, 3.8) is 0 Å². The Bertz CT molecular complexity index is 493. The van der Waals surface area contributed by atoms with Gasteiger partial charge in [0.25, 0.3) is 0 Å². The van der Waals surface area contributed by atoms with Gasteiger partial charge < -0.3 is 10.6 Å². The van der Waals surface area contributed by atoms with Crippen molar-refractivity contribution >= 4 is 34.9 Å². The molecule has 0 fully saturated rings. The zero-order valence-electron chi connectivity index (χ0n) is 12.6. The van der Waals surface area contributed by atoms with Crippen molar-refractivity contribution in [1.29, 1.82) is 0 Å². The average molecular weight is 317 g/mol. The normalized spacial score (nSPS) is 12.2. The summed E-state index contributed by atoms with van der Waals surface area (Å²) in [4.78, 5) is 12.1. The number of nitrogens with one attached hydrogen (secondary N) is 2. The number of rotatable bonds is 3. The summed E-state index contributed by atoms with van der Waals surface area (Å²) >= 11 is 12.0. The quantitative estimate of drug-likeness (QED) is 0.777. The van der Waals surface area contributed by atoms with E-state index in [-0.39, 0.29) is 17.0 Å². The van der Waals surface area contributed by atoms with Crippen LogP contribution >= 0.6 is 23.2 Å². The minimum Gasteiger partial charge on any atom is -0.333 e. The first-order valence-corrected chi connectivity index (χ1v) is 7.29. The molecule has 0 atom stereocenters. The molecule has 2 amide bonds. The lowest BCUT2D eigenvalue weighted by atomic mass is 9.82. The van der Waals surface area contributed by atoms with Crippen LogP contribution in [-0.4, -0.2) is 11.6 Å². The summed E-state index contributed by atoms with van der Waals surface area (Å²) in [6.07, 6.45) is 0.858. The maximum absolute atomic E-state index is 12.1. The fraction of sp³-hybridized carbons (Fsp3) is 0.533. The Hall–Kier alpha value is -0.930. The van der Waals surface area contributed by atoms with E-state index < -0.39 is 0 Å². The van der Waals surface area contributed by atoms with E-state index in [0.717, 1.165) is 6.42 Å². The maximum atomic E-state index is 12.1. The largest absolute Gasteiger partial charge is 0.333 e. The van der Waals surface area contributed by atoms with E-state index in [1.54, 1.807) is 18.2 Å². The van der Waals surface area contributed by atoms with Crippen LogP contribution in [0, 0.1) is 5.41 Å². The summed E-state index contributed by atoms with van der Waals surface area (Å²) in [6.45, 7) is 10.4. The van der Waals surface area contributed by atoms with Gasteiger partial charge in [0.1, 0.15) is 0 Å². The zero-order valence-corrected chi connectivity index (χ0v) is 14.1. The second-order valence-corrected chi connectivity index (χ2v) is 7.59. The van der Waals surface area contributed by atoms with Crippen LogP contribution in [0.4, 0.5) is 10.5 Å². The van der Waals surface area contributed by atoms with Crippen LogP contribution in [0.15, 0.2) is 18.2 Å². The van der Waals surface area contributed by atoms with Gasteiger partial charge >= 0.3 is 6.03 Å². The lowest BCUT2D eigenvalue weighted by molar-refractivity contribution is 0.220. The van der Waals surface area contributed by atoms with Gasteiger partial charge in [-0.3, -0.25) is 0 Å². The molecule has 0 aromatic heterocycles. The second-order valence-electron chi connectivity index (χ2n) is 6.80. The van der Waals surface area contributed by atoms with E-state index in [9.17, 15) is 4.79 Å². The van der Waals surface area contributed by atoms with Crippen molar-refractivity contribution in [1.82, 2.24) is 5.32 Å². The van der Waals surface area contributed by atoms with Gasteiger partial charge in [0.15, 0.2) is 0 Å². The van der Waals surface area contributed by atoms with Crippen molar-refractivity contribution in [3.05, 3.63) is 28.2 Å². The van der Waals surface area contributed by atoms with Crippen LogP contribution in [0.5, 0.6) is 0 Å². The minimum atomic E-state index is -0.312. The Balaban J connectivity index is 2.70. The Kier molecular flexibility index (Phi) is 5.33. The lowest BCUT2D eigenvalue weighted by Gasteiger charge is -2.33. The zero-order chi connectivity index (χ0) is 15.6. The van der Waals surface area contributed by atoms with Crippen LogP contribution in [0.3, 0.4) is 0 Å². The van der Waals surface area contributed by atoms with E-state index in [4.69, 9.17) is 23.2 Å². The fourth-order valence-corrected chi connectivity index (χ4v) is 2.78. The molecule has 1 aromatic rings. The average Bonchev–Trinajstić information content (AvgIpc) is 2.20. The molecule has 0 bridgehead atoms. The molecule has 0 radical (unpaired) electrons. The molecule has 0 aliphatic rings. The SMILES string of the molecule is CC(C)(C)CC(C)(C)NC(=O)Nc1cccc(Cl)c1Cl. The number of carbonyl (C=O) groups is 1. The molecule has 0 saturated carbocycles. The molecule has 0 heterocycles. The topological polar surface area (TPSA) is 41.1 Å². The first-order valence-electron chi connectivity index (χ1n) is 6.53. The van der Waals surface area contributed by atoms with Crippen LogP contribution < -0.4 is 10.6 Å². The number of urea groups is 1. The van der Waals surface area contributed by atoms with Gasteiger partial charge in [-0.1, -0.05) is 50.0 Å². The molecule has 5 heteroatoms.